The van der Waals surface area contributed by atoms with Gasteiger partial charge in [-0.1, -0.05) is 28.1 Å². The third-order valence-corrected chi connectivity index (χ3v) is 4.53. The number of hydrogen-bond acceptors (Lipinski definition) is 2. The first kappa shape index (κ1) is 16.3. The number of urea groups is 1. The van der Waals surface area contributed by atoms with Gasteiger partial charge in [-0.15, -0.1) is 0 Å². The van der Waals surface area contributed by atoms with Crippen LogP contribution in [0.15, 0.2) is 28.7 Å². The van der Waals surface area contributed by atoms with Gasteiger partial charge >= 0.3 is 6.03 Å². The maximum Gasteiger partial charge on any atom is 0.319 e. The molecule has 0 spiro atoms. The molecule has 116 valence electrons. The number of halogens is 1. The molecule has 1 aromatic carbocycles. The van der Waals surface area contributed by atoms with Crippen LogP contribution in [-0.4, -0.2) is 49.1 Å². The molecule has 1 unspecified atom stereocenters. The average molecular weight is 354 g/mol. The smallest absolute Gasteiger partial charge is 0.319 e. The van der Waals surface area contributed by atoms with E-state index in [1.54, 1.807) is 4.90 Å². The molecule has 21 heavy (non-hydrogen) atoms. The van der Waals surface area contributed by atoms with Crippen molar-refractivity contribution in [3.05, 3.63) is 34.3 Å². The summed E-state index contributed by atoms with van der Waals surface area (Å²) in [7, 11) is 3.62. The monoisotopic (exact) mass is 353 g/mol. The van der Waals surface area contributed by atoms with Gasteiger partial charge in [0.2, 0.25) is 0 Å². The molecule has 1 saturated heterocycles. The number of carbonyl (C=O) groups is 1. The number of benzene rings is 1. The van der Waals surface area contributed by atoms with Gasteiger partial charge in [-0.25, -0.2) is 4.79 Å². The molecule has 1 N–H and O–H groups in total. The summed E-state index contributed by atoms with van der Waals surface area (Å²) in [5.41, 5.74) is 1.30. The van der Waals surface area contributed by atoms with E-state index >= 15 is 0 Å². The van der Waals surface area contributed by atoms with Crippen LogP contribution in [0.25, 0.3) is 0 Å². The lowest BCUT2D eigenvalue weighted by Crippen LogP contribution is -2.48. The van der Waals surface area contributed by atoms with Gasteiger partial charge in [0.15, 0.2) is 0 Å². The van der Waals surface area contributed by atoms with E-state index in [1.165, 1.54) is 5.56 Å². The van der Waals surface area contributed by atoms with Crippen molar-refractivity contribution in [3.8, 4) is 0 Å². The number of hydrogen-bond donors (Lipinski definition) is 1. The largest absolute Gasteiger partial charge is 0.331 e. The second kappa shape index (κ2) is 7.27. The van der Waals surface area contributed by atoms with Crippen LogP contribution < -0.4 is 5.32 Å². The van der Waals surface area contributed by atoms with Gasteiger partial charge < -0.3 is 15.1 Å². The van der Waals surface area contributed by atoms with Crippen molar-refractivity contribution in [2.45, 2.75) is 31.8 Å². The van der Waals surface area contributed by atoms with Crippen LogP contribution in [0.2, 0.25) is 0 Å². The topological polar surface area (TPSA) is 35.6 Å². The van der Waals surface area contributed by atoms with Gasteiger partial charge in [0.25, 0.3) is 0 Å². The van der Waals surface area contributed by atoms with Crippen molar-refractivity contribution in [2.75, 3.05) is 27.2 Å². The van der Waals surface area contributed by atoms with Gasteiger partial charge in [0, 0.05) is 43.7 Å². The molecule has 5 heteroatoms. The highest BCUT2D eigenvalue weighted by atomic mass is 79.9. The van der Waals surface area contributed by atoms with Crippen LogP contribution in [0, 0.1) is 0 Å². The van der Waals surface area contributed by atoms with Crippen LogP contribution in [-0.2, 0) is 0 Å². The molecule has 0 radical (unpaired) electrons. The van der Waals surface area contributed by atoms with E-state index in [1.807, 2.05) is 19.0 Å². The summed E-state index contributed by atoms with van der Waals surface area (Å²) in [6.07, 6.45) is 2.03. The van der Waals surface area contributed by atoms with Gasteiger partial charge in [0.1, 0.15) is 0 Å². The summed E-state index contributed by atoms with van der Waals surface area (Å²) in [6.45, 7) is 3.87. The Morgan fingerprint density at radius 1 is 1.29 bits per heavy atom. The minimum Gasteiger partial charge on any atom is -0.331 e. The fourth-order valence-corrected chi connectivity index (χ4v) is 2.99. The Labute approximate surface area is 135 Å². The van der Waals surface area contributed by atoms with Crippen molar-refractivity contribution in [1.29, 1.82) is 0 Å². The van der Waals surface area contributed by atoms with Crippen molar-refractivity contribution >= 4 is 22.0 Å². The number of nitrogens with zero attached hydrogens (tertiary/aromatic N) is 2. The molecule has 1 aliphatic heterocycles. The molecule has 0 aromatic heterocycles. The van der Waals surface area contributed by atoms with Crippen molar-refractivity contribution < 1.29 is 4.79 Å². The molecule has 1 heterocycles. The zero-order valence-electron chi connectivity index (χ0n) is 13.0. The first-order valence-electron chi connectivity index (χ1n) is 7.45. The predicted molar refractivity (Wildman–Crippen MR) is 89.4 cm³/mol. The second-order valence-electron chi connectivity index (χ2n) is 5.88. The molecular weight excluding hydrogens is 330 g/mol. The quantitative estimate of drug-likeness (QED) is 0.905. The summed E-state index contributed by atoms with van der Waals surface area (Å²) in [5.74, 6) is 0. The maximum atomic E-state index is 11.9. The Morgan fingerprint density at radius 2 is 1.86 bits per heavy atom. The van der Waals surface area contributed by atoms with E-state index in [0.717, 1.165) is 30.4 Å². The van der Waals surface area contributed by atoms with E-state index < -0.39 is 0 Å². The van der Waals surface area contributed by atoms with Gasteiger partial charge in [-0.3, -0.25) is 0 Å². The minimum absolute atomic E-state index is 0.120. The fraction of sp³-hybridized carbons (Fsp3) is 0.562. The summed E-state index contributed by atoms with van der Waals surface area (Å²) in [4.78, 5) is 15.5. The maximum absolute atomic E-state index is 11.9. The SMILES string of the molecule is CC(NC1CCN(C(=O)N(C)C)CC1)c1ccc(Br)cc1. The zero-order chi connectivity index (χ0) is 15.4. The molecule has 1 aliphatic rings. The van der Waals surface area contributed by atoms with Crippen LogP contribution in [0.5, 0.6) is 0 Å². The Bertz CT molecular complexity index is 467. The lowest BCUT2D eigenvalue weighted by atomic mass is 10.0. The van der Waals surface area contributed by atoms with E-state index in [9.17, 15) is 4.79 Å². The standard InChI is InChI=1S/C16H24BrN3O/c1-12(13-4-6-14(17)7-5-13)18-15-8-10-20(11-9-15)16(21)19(2)3/h4-7,12,15,18H,8-11H2,1-3H3. The van der Waals surface area contributed by atoms with Crippen molar-refractivity contribution in [3.63, 3.8) is 0 Å². The van der Waals surface area contributed by atoms with Crippen molar-refractivity contribution in [1.82, 2.24) is 15.1 Å². The lowest BCUT2D eigenvalue weighted by molar-refractivity contribution is 0.151. The molecule has 4 nitrogen and oxygen atoms in total. The van der Waals surface area contributed by atoms with E-state index in [2.05, 4.69) is 52.4 Å². The Morgan fingerprint density at radius 3 is 2.38 bits per heavy atom. The minimum atomic E-state index is 0.120. The number of carbonyl (C=O) groups excluding carboxylic acids is 1. The highest BCUT2D eigenvalue weighted by Crippen LogP contribution is 2.19. The van der Waals surface area contributed by atoms with Gasteiger partial charge in [0.05, 0.1) is 0 Å². The van der Waals surface area contributed by atoms with Crippen molar-refractivity contribution in [2.24, 2.45) is 0 Å². The number of amides is 2. The lowest BCUT2D eigenvalue weighted by Gasteiger charge is -2.35. The first-order valence-corrected chi connectivity index (χ1v) is 8.24. The molecule has 0 aliphatic carbocycles. The van der Waals surface area contributed by atoms with Gasteiger partial charge in [-0.2, -0.15) is 0 Å². The van der Waals surface area contributed by atoms with E-state index in [0.29, 0.717) is 12.1 Å². The highest BCUT2D eigenvalue weighted by molar-refractivity contribution is 9.10. The van der Waals surface area contributed by atoms with E-state index in [4.69, 9.17) is 0 Å². The van der Waals surface area contributed by atoms with Crippen LogP contribution in [0.3, 0.4) is 0 Å². The highest BCUT2D eigenvalue weighted by Gasteiger charge is 2.24. The summed E-state index contributed by atoms with van der Waals surface area (Å²) >= 11 is 3.46. The molecule has 1 atom stereocenters. The van der Waals surface area contributed by atoms with E-state index in [-0.39, 0.29) is 6.03 Å². The number of piperidine rings is 1. The predicted octanol–water partition coefficient (Wildman–Crippen LogP) is 3.25. The molecule has 1 fully saturated rings. The van der Waals surface area contributed by atoms with Crippen LogP contribution in [0.4, 0.5) is 4.79 Å². The number of nitrogens with one attached hydrogen (secondary N) is 1. The molecule has 0 saturated carbocycles. The second-order valence-corrected chi connectivity index (χ2v) is 6.79. The molecule has 1 aromatic rings. The molecule has 2 amide bonds. The van der Waals surface area contributed by atoms with Crippen LogP contribution >= 0.6 is 15.9 Å². The third kappa shape index (κ3) is 4.45. The zero-order valence-corrected chi connectivity index (χ0v) is 14.6. The van der Waals surface area contributed by atoms with Crippen LogP contribution in [0.1, 0.15) is 31.4 Å². The summed E-state index contributed by atoms with van der Waals surface area (Å²) in [6, 6.07) is 9.37. The summed E-state index contributed by atoms with van der Waals surface area (Å²) in [5, 5.41) is 3.68. The number of likely N-dealkylation sites (tertiary alicyclic amines) is 1. The Hall–Kier alpha value is -1.07. The molecule has 2 rings (SSSR count). The Kier molecular flexibility index (Phi) is 5.65. The fourth-order valence-electron chi connectivity index (χ4n) is 2.72. The normalized spacial score (nSPS) is 17.6. The first-order chi connectivity index (χ1) is 9.97. The third-order valence-electron chi connectivity index (χ3n) is 4.00. The average Bonchev–Trinajstić information content (AvgIpc) is 2.47. The molecule has 0 bridgehead atoms. The summed E-state index contributed by atoms with van der Waals surface area (Å²) < 4.78 is 1.11. The molecular formula is C16H24BrN3O. The van der Waals surface area contributed by atoms with Gasteiger partial charge in [-0.05, 0) is 37.5 Å². The number of rotatable bonds is 3. The Balaban J connectivity index is 1.83.